The van der Waals surface area contributed by atoms with Crippen molar-refractivity contribution >= 4 is 18.4 Å². The maximum atomic E-state index is 13.5. The van der Waals surface area contributed by atoms with Crippen LogP contribution in [0.1, 0.15) is 25.5 Å². The molecule has 0 amide bonds. The van der Waals surface area contributed by atoms with Gasteiger partial charge in [-0.3, -0.25) is 4.79 Å². The molecule has 0 spiro atoms. The maximum absolute atomic E-state index is 13.5. The van der Waals surface area contributed by atoms with Gasteiger partial charge >= 0.3 is 5.97 Å². The molecule has 3 nitrogen and oxygen atoms in total. The average molecular weight is 280 g/mol. The SMILES string of the molecule is COC(=O)C(C)(C)[C@H](N)c1cc(F)ccc1F.Cl. The molecule has 0 saturated heterocycles. The van der Waals surface area contributed by atoms with Crippen molar-refractivity contribution in [1.82, 2.24) is 0 Å². The molecule has 0 saturated carbocycles. The molecule has 2 N–H and O–H groups in total. The van der Waals surface area contributed by atoms with Crippen molar-refractivity contribution in [2.45, 2.75) is 19.9 Å². The zero-order valence-electron chi connectivity index (χ0n) is 10.4. The van der Waals surface area contributed by atoms with Crippen LogP contribution in [0.25, 0.3) is 0 Å². The van der Waals surface area contributed by atoms with Gasteiger partial charge in [-0.2, -0.15) is 0 Å². The van der Waals surface area contributed by atoms with Gasteiger partial charge in [-0.15, -0.1) is 12.4 Å². The van der Waals surface area contributed by atoms with E-state index in [9.17, 15) is 13.6 Å². The number of halogens is 3. The highest BCUT2D eigenvalue weighted by molar-refractivity contribution is 5.85. The number of ether oxygens (including phenoxy) is 1. The van der Waals surface area contributed by atoms with E-state index in [1.807, 2.05) is 0 Å². The van der Waals surface area contributed by atoms with Gasteiger partial charge in [0.05, 0.1) is 12.5 Å². The number of carbonyl (C=O) groups is 1. The lowest BCUT2D eigenvalue weighted by Crippen LogP contribution is -2.37. The lowest BCUT2D eigenvalue weighted by Gasteiger charge is -2.29. The van der Waals surface area contributed by atoms with Gasteiger partial charge in [0, 0.05) is 11.6 Å². The fourth-order valence-electron chi connectivity index (χ4n) is 1.53. The highest BCUT2D eigenvalue weighted by Crippen LogP contribution is 2.33. The lowest BCUT2D eigenvalue weighted by molar-refractivity contribution is -0.152. The molecular weight excluding hydrogens is 264 g/mol. The summed E-state index contributed by atoms with van der Waals surface area (Å²) in [4.78, 5) is 11.5. The average Bonchev–Trinajstić information content (AvgIpc) is 2.30. The highest BCUT2D eigenvalue weighted by atomic mass is 35.5. The Labute approximate surface area is 111 Å². The Balaban J connectivity index is 0.00000289. The van der Waals surface area contributed by atoms with Crippen LogP contribution in [-0.2, 0) is 9.53 Å². The molecule has 0 aliphatic heterocycles. The van der Waals surface area contributed by atoms with E-state index in [0.29, 0.717) is 0 Å². The molecule has 1 aromatic rings. The van der Waals surface area contributed by atoms with E-state index in [0.717, 1.165) is 18.2 Å². The summed E-state index contributed by atoms with van der Waals surface area (Å²) in [6, 6.07) is 1.99. The summed E-state index contributed by atoms with van der Waals surface area (Å²) in [5.74, 6) is -1.82. The summed E-state index contributed by atoms with van der Waals surface area (Å²) in [5.41, 5.74) is 4.63. The second-order valence-electron chi connectivity index (χ2n) is 4.36. The number of benzene rings is 1. The minimum atomic E-state index is -1.14. The fourth-order valence-corrected chi connectivity index (χ4v) is 1.53. The first-order valence-corrected chi connectivity index (χ1v) is 5.09. The Bertz CT molecular complexity index is 438. The van der Waals surface area contributed by atoms with Gasteiger partial charge in [-0.05, 0) is 32.0 Å². The monoisotopic (exact) mass is 279 g/mol. The third kappa shape index (κ3) is 3.17. The van der Waals surface area contributed by atoms with Crippen molar-refractivity contribution in [2.24, 2.45) is 11.1 Å². The maximum Gasteiger partial charge on any atom is 0.313 e. The molecule has 0 aliphatic rings. The predicted octanol–water partition coefficient (Wildman–Crippen LogP) is 2.59. The van der Waals surface area contributed by atoms with Crippen LogP contribution in [0.5, 0.6) is 0 Å². The van der Waals surface area contributed by atoms with Crippen molar-refractivity contribution in [1.29, 1.82) is 0 Å². The van der Waals surface area contributed by atoms with Crippen LogP contribution >= 0.6 is 12.4 Å². The minimum Gasteiger partial charge on any atom is -0.469 e. The lowest BCUT2D eigenvalue weighted by atomic mass is 9.81. The van der Waals surface area contributed by atoms with Gasteiger partial charge in [0.1, 0.15) is 11.6 Å². The zero-order chi connectivity index (χ0) is 13.2. The van der Waals surface area contributed by atoms with E-state index < -0.39 is 29.1 Å². The standard InChI is InChI=1S/C12H15F2NO2.ClH/c1-12(2,11(16)17-3)10(15)8-6-7(13)4-5-9(8)14;/h4-6,10H,15H2,1-3H3;1H/t10-;/m1./s1. The number of hydrogen-bond donors (Lipinski definition) is 1. The van der Waals surface area contributed by atoms with Gasteiger partial charge in [0.15, 0.2) is 0 Å². The van der Waals surface area contributed by atoms with Crippen LogP contribution in [0.2, 0.25) is 0 Å². The summed E-state index contributed by atoms with van der Waals surface area (Å²) in [5, 5.41) is 0. The summed E-state index contributed by atoms with van der Waals surface area (Å²) in [6.07, 6.45) is 0. The summed E-state index contributed by atoms with van der Waals surface area (Å²) in [6.45, 7) is 3.04. The first-order valence-electron chi connectivity index (χ1n) is 5.09. The van der Waals surface area contributed by atoms with E-state index in [-0.39, 0.29) is 18.0 Å². The fraction of sp³-hybridized carbons (Fsp3) is 0.417. The normalized spacial score (nSPS) is 12.6. The van der Waals surface area contributed by atoms with Gasteiger partial charge in [0.25, 0.3) is 0 Å². The van der Waals surface area contributed by atoms with Crippen molar-refractivity contribution in [3.05, 3.63) is 35.4 Å². The smallest absolute Gasteiger partial charge is 0.313 e. The third-order valence-corrected chi connectivity index (χ3v) is 2.78. The van der Waals surface area contributed by atoms with Crippen LogP contribution in [0.4, 0.5) is 8.78 Å². The van der Waals surface area contributed by atoms with Crippen molar-refractivity contribution in [3.8, 4) is 0 Å². The highest BCUT2D eigenvalue weighted by Gasteiger charge is 2.37. The Kier molecular flexibility index (Phi) is 5.70. The Morgan fingerprint density at radius 3 is 2.44 bits per heavy atom. The molecule has 0 heterocycles. The summed E-state index contributed by atoms with van der Waals surface area (Å²) in [7, 11) is 1.22. The van der Waals surface area contributed by atoms with Gasteiger partial charge in [0.2, 0.25) is 0 Å². The molecular formula is C12H16ClF2NO2. The molecule has 0 radical (unpaired) electrons. The predicted molar refractivity (Wildman–Crippen MR) is 66.3 cm³/mol. The quantitative estimate of drug-likeness (QED) is 0.865. The minimum absolute atomic E-state index is 0. The van der Waals surface area contributed by atoms with E-state index in [2.05, 4.69) is 4.74 Å². The number of hydrogen-bond acceptors (Lipinski definition) is 3. The van der Waals surface area contributed by atoms with Gasteiger partial charge in [-0.25, -0.2) is 8.78 Å². The van der Waals surface area contributed by atoms with Gasteiger partial charge in [-0.1, -0.05) is 0 Å². The van der Waals surface area contributed by atoms with Crippen LogP contribution in [0, 0.1) is 17.0 Å². The Morgan fingerprint density at radius 2 is 1.94 bits per heavy atom. The van der Waals surface area contributed by atoms with E-state index >= 15 is 0 Å². The van der Waals surface area contributed by atoms with Crippen molar-refractivity contribution < 1.29 is 18.3 Å². The molecule has 0 fully saturated rings. The second-order valence-corrected chi connectivity index (χ2v) is 4.36. The van der Waals surface area contributed by atoms with E-state index in [1.165, 1.54) is 21.0 Å². The first-order chi connectivity index (χ1) is 7.80. The molecule has 0 aromatic heterocycles. The van der Waals surface area contributed by atoms with Gasteiger partial charge < -0.3 is 10.5 Å². The van der Waals surface area contributed by atoms with E-state index in [4.69, 9.17) is 5.73 Å². The number of esters is 1. The summed E-state index contributed by atoms with van der Waals surface area (Å²) >= 11 is 0. The number of nitrogens with two attached hydrogens (primary N) is 1. The zero-order valence-corrected chi connectivity index (χ0v) is 11.2. The Hall–Kier alpha value is -1.20. The third-order valence-electron chi connectivity index (χ3n) is 2.78. The topological polar surface area (TPSA) is 52.3 Å². The van der Waals surface area contributed by atoms with Crippen molar-refractivity contribution in [3.63, 3.8) is 0 Å². The van der Waals surface area contributed by atoms with Crippen LogP contribution in [0.15, 0.2) is 18.2 Å². The molecule has 0 unspecified atom stereocenters. The molecule has 18 heavy (non-hydrogen) atoms. The molecule has 1 aromatic carbocycles. The van der Waals surface area contributed by atoms with Crippen LogP contribution in [-0.4, -0.2) is 13.1 Å². The second kappa shape index (κ2) is 6.11. The number of rotatable bonds is 3. The molecule has 0 aliphatic carbocycles. The summed E-state index contributed by atoms with van der Waals surface area (Å²) < 4.78 is 31.2. The molecule has 1 atom stereocenters. The number of methoxy groups -OCH3 is 1. The van der Waals surface area contributed by atoms with Crippen LogP contribution in [0.3, 0.4) is 0 Å². The van der Waals surface area contributed by atoms with Crippen molar-refractivity contribution in [2.75, 3.05) is 7.11 Å². The van der Waals surface area contributed by atoms with Crippen LogP contribution < -0.4 is 5.73 Å². The molecule has 102 valence electrons. The first kappa shape index (κ1) is 16.8. The van der Waals surface area contributed by atoms with E-state index in [1.54, 1.807) is 0 Å². The Morgan fingerprint density at radius 1 is 1.39 bits per heavy atom. The number of carbonyl (C=O) groups excluding carboxylic acids is 1. The molecule has 0 bridgehead atoms. The molecule has 6 heteroatoms. The largest absolute Gasteiger partial charge is 0.469 e. The molecule has 1 rings (SSSR count).